The van der Waals surface area contributed by atoms with Crippen LogP contribution in [0.2, 0.25) is 0 Å². The summed E-state index contributed by atoms with van der Waals surface area (Å²) in [7, 11) is 0. The zero-order chi connectivity index (χ0) is 21.3. The standard InChI is InChI=1S/C22H28N6OS/c1-4-16-7-5-6-8-17(16)28-20(23)19-15(3)25-26-21(19)24-22(28)30-13-18(29)27-11-9-14(2)10-12-27/h5-8,14,23H,4,9-13H2,1-3H3,(H,25,26). The number of para-hydroxylation sites is 1. The number of carbonyl (C=O) groups excluding carboxylic acids is 1. The number of aromatic nitrogens is 4. The minimum Gasteiger partial charge on any atom is -0.342 e. The van der Waals surface area contributed by atoms with E-state index in [1.54, 1.807) is 0 Å². The zero-order valence-corrected chi connectivity index (χ0v) is 18.6. The molecule has 2 N–H and O–H groups in total. The molecule has 30 heavy (non-hydrogen) atoms. The fourth-order valence-corrected chi connectivity index (χ4v) is 4.86. The molecule has 1 amide bonds. The number of aryl methyl sites for hydroxylation is 2. The molecule has 3 aromatic rings. The van der Waals surface area contributed by atoms with Gasteiger partial charge in [-0.15, -0.1) is 0 Å². The summed E-state index contributed by atoms with van der Waals surface area (Å²) >= 11 is 1.39. The summed E-state index contributed by atoms with van der Waals surface area (Å²) in [6.45, 7) is 7.90. The Morgan fingerprint density at radius 2 is 2.03 bits per heavy atom. The molecule has 0 atom stereocenters. The molecule has 0 aliphatic carbocycles. The zero-order valence-electron chi connectivity index (χ0n) is 17.7. The smallest absolute Gasteiger partial charge is 0.233 e. The minimum absolute atomic E-state index is 0.133. The lowest BCUT2D eigenvalue weighted by Gasteiger charge is -2.30. The highest BCUT2D eigenvalue weighted by molar-refractivity contribution is 7.99. The number of hydrogen-bond acceptors (Lipinski definition) is 5. The lowest BCUT2D eigenvalue weighted by atomic mass is 9.99. The molecule has 1 aromatic carbocycles. The lowest BCUT2D eigenvalue weighted by Crippen LogP contribution is -2.39. The molecule has 4 rings (SSSR count). The van der Waals surface area contributed by atoms with Gasteiger partial charge in [0.1, 0.15) is 5.49 Å². The fraction of sp³-hybridized carbons (Fsp3) is 0.455. The topological polar surface area (TPSA) is 90.7 Å². The maximum Gasteiger partial charge on any atom is 0.233 e. The molecule has 158 valence electrons. The van der Waals surface area contributed by atoms with Gasteiger partial charge < -0.3 is 4.90 Å². The Bertz CT molecular complexity index is 1130. The van der Waals surface area contributed by atoms with Crippen molar-refractivity contribution in [2.75, 3.05) is 18.8 Å². The van der Waals surface area contributed by atoms with Crippen LogP contribution in [0.25, 0.3) is 16.7 Å². The molecule has 0 unspecified atom stereocenters. The molecule has 1 aliphatic rings. The van der Waals surface area contributed by atoms with Crippen molar-refractivity contribution in [1.82, 2.24) is 24.6 Å². The van der Waals surface area contributed by atoms with Gasteiger partial charge >= 0.3 is 0 Å². The number of nitrogens with zero attached hydrogens (tertiary/aromatic N) is 4. The number of rotatable bonds is 5. The number of thioether (sulfide) groups is 1. The molecular weight excluding hydrogens is 396 g/mol. The number of H-pyrrole nitrogens is 1. The highest BCUT2D eigenvalue weighted by Gasteiger charge is 2.22. The van der Waals surface area contributed by atoms with Crippen LogP contribution in [0.15, 0.2) is 29.4 Å². The van der Waals surface area contributed by atoms with E-state index in [1.165, 1.54) is 11.8 Å². The van der Waals surface area contributed by atoms with Crippen LogP contribution in [0.5, 0.6) is 0 Å². The van der Waals surface area contributed by atoms with Gasteiger partial charge in [0, 0.05) is 18.8 Å². The first-order chi connectivity index (χ1) is 14.5. The first-order valence-corrected chi connectivity index (χ1v) is 11.5. The number of benzene rings is 1. The molecule has 7 nitrogen and oxygen atoms in total. The van der Waals surface area contributed by atoms with E-state index in [-0.39, 0.29) is 5.91 Å². The van der Waals surface area contributed by atoms with Gasteiger partial charge in [-0.25, -0.2) is 4.98 Å². The van der Waals surface area contributed by atoms with Crippen molar-refractivity contribution in [3.63, 3.8) is 0 Å². The molecule has 2 aromatic heterocycles. The predicted molar refractivity (Wildman–Crippen MR) is 119 cm³/mol. The van der Waals surface area contributed by atoms with Crippen molar-refractivity contribution in [1.29, 1.82) is 5.41 Å². The first-order valence-electron chi connectivity index (χ1n) is 10.5. The van der Waals surface area contributed by atoms with Crippen molar-refractivity contribution < 1.29 is 4.79 Å². The lowest BCUT2D eigenvalue weighted by molar-refractivity contribution is -0.129. The molecule has 1 fully saturated rings. The number of hydrogen-bond donors (Lipinski definition) is 2. The molecule has 3 heterocycles. The second-order valence-corrected chi connectivity index (χ2v) is 8.90. The van der Waals surface area contributed by atoms with Crippen LogP contribution in [-0.4, -0.2) is 49.4 Å². The Kier molecular flexibility index (Phi) is 5.94. The van der Waals surface area contributed by atoms with Gasteiger partial charge in [0.05, 0.1) is 16.8 Å². The van der Waals surface area contributed by atoms with E-state index in [0.717, 1.165) is 49.3 Å². The monoisotopic (exact) mass is 424 g/mol. The van der Waals surface area contributed by atoms with E-state index in [0.29, 0.717) is 33.3 Å². The minimum atomic E-state index is 0.133. The van der Waals surface area contributed by atoms with Gasteiger partial charge in [-0.05, 0) is 43.7 Å². The summed E-state index contributed by atoms with van der Waals surface area (Å²) in [5.74, 6) is 1.13. The molecule has 0 saturated carbocycles. The quantitative estimate of drug-likeness (QED) is 0.485. The highest BCUT2D eigenvalue weighted by atomic mass is 32.2. The van der Waals surface area contributed by atoms with Crippen LogP contribution >= 0.6 is 11.8 Å². The van der Waals surface area contributed by atoms with Gasteiger partial charge in [-0.3, -0.25) is 19.9 Å². The molecule has 1 saturated heterocycles. The highest BCUT2D eigenvalue weighted by Crippen LogP contribution is 2.25. The van der Waals surface area contributed by atoms with E-state index in [9.17, 15) is 4.79 Å². The van der Waals surface area contributed by atoms with Crippen LogP contribution in [0.4, 0.5) is 0 Å². The second kappa shape index (κ2) is 8.63. The van der Waals surface area contributed by atoms with Gasteiger partial charge in [0.25, 0.3) is 0 Å². The average molecular weight is 425 g/mol. The predicted octanol–water partition coefficient (Wildman–Crippen LogP) is 3.45. The average Bonchev–Trinajstić information content (AvgIpc) is 3.13. The van der Waals surface area contributed by atoms with Crippen LogP contribution in [0.1, 0.15) is 37.9 Å². The van der Waals surface area contributed by atoms with Gasteiger partial charge in [0.15, 0.2) is 10.8 Å². The summed E-state index contributed by atoms with van der Waals surface area (Å²) in [6, 6.07) is 8.07. The molecule has 0 spiro atoms. The van der Waals surface area contributed by atoms with Crippen LogP contribution in [-0.2, 0) is 11.2 Å². The maximum atomic E-state index is 12.8. The summed E-state index contributed by atoms with van der Waals surface area (Å²) in [6.07, 6.45) is 2.97. The second-order valence-electron chi connectivity index (χ2n) is 7.96. The fourth-order valence-electron chi connectivity index (χ4n) is 3.95. The van der Waals surface area contributed by atoms with Gasteiger partial charge in [-0.2, -0.15) is 5.10 Å². The molecule has 8 heteroatoms. The number of fused-ring (bicyclic) bond motifs is 1. The third-order valence-corrected chi connectivity index (χ3v) is 6.78. The normalized spacial score (nSPS) is 15.1. The summed E-state index contributed by atoms with van der Waals surface area (Å²) in [4.78, 5) is 19.5. The molecular formula is C22H28N6OS. The largest absolute Gasteiger partial charge is 0.342 e. The molecule has 0 bridgehead atoms. The maximum absolute atomic E-state index is 12.8. The third kappa shape index (κ3) is 3.88. The number of nitrogens with one attached hydrogen (secondary N) is 2. The summed E-state index contributed by atoms with van der Waals surface area (Å²) < 4.78 is 1.86. The Balaban J connectivity index is 1.72. The SMILES string of the molecule is CCc1ccccc1-n1c(SCC(=O)N2CCC(C)CC2)nc2n[nH]c(C)c2c1=N. The van der Waals surface area contributed by atoms with E-state index >= 15 is 0 Å². The van der Waals surface area contributed by atoms with Crippen LogP contribution < -0.4 is 5.49 Å². The van der Waals surface area contributed by atoms with Crippen molar-refractivity contribution in [3.8, 4) is 5.69 Å². The first kappa shape index (κ1) is 20.7. The number of likely N-dealkylation sites (tertiary alicyclic amines) is 1. The van der Waals surface area contributed by atoms with Crippen LogP contribution in [0.3, 0.4) is 0 Å². The number of aromatic amines is 1. The summed E-state index contributed by atoms with van der Waals surface area (Å²) in [5.41, 5.74) is 3.75. The number of carbonyl (C=O) groups is 1. The Morgan fingerprint density at radius 1 is 1.30 bits per heavy atom. The molecule has 1 aliphatic heterocycles. The van der Waals surface area contributed by atoms with E-state index in [2.05, 4.69) is 30.1 Å². The Labute approximate surface area is 180 Å². The third-order valence-electron chi connectivity index (χ3n) is 5.86. The van der Waals surface area contributed by atoms with Crippen molar-refractivity contribution >= 4 is 28.7 Å². The van der Waals surface area contributed by atoms with Crippen molar-refractivity contribution in [2.24, 2.45) is 5.92 Å². The van der Waals surface area contributed by atoms with Crippen LogP contribution in [0, 0.1) is 18.3 Å². The van der Waals surface area contributed by atoms with Crippen molar-refractivity contribution in [2.45, 2.75) is 45.2 Å². The Morgan fingerprint density at radius 3 is 2.77 bits per heavy atom. The molecule has 0 radical (unpaired) electrons. The summed E-state index contributed by atoms with van der Waals surface area (Å²) in [5, 5.41) is 17.4. The van der Waals surface area contributed by atoms with E-state index in [4.69, 9.17) is 10.4 Å². The van der Waals surface area contributed by atoms with E-state index < -0.39 is 0 Å². The number of piperidine rings is 1. The van der Waals surface area contributed by atoms with Gasteiger partial charge in [0.2, 0.25) is 5.91 Å². The Hall–Kier alpha value is -2.61. The van der Waals surface area contributed by atoms with Gasteiger partial charge in [-0.1, -0.05) is 43.8 Å². The van der Waals surface area contributed by atoms with Crippen molar-refractivity contribution in [3.05, 3.63) is 41.0 Å². The van der Waals surface area contributed by atoms with E-state index in [1.807, 2.05) is 34.6 Å². The number of amides is 1.